The Morgan fingerprint density at radius 1 is 1.25 bits per heavy atom. The number of carboxylic acids is 1. The highest BCUT2D eigenvalue weighted by Crippen LogP contribution is 2.30. The summed E-state index contributed by atoms with van der Waals surface area (Å²) in [5.41, 5.74) is 2.82. The Bertz CT molecular complexity index is 1010. The number of nitrogens with zero attached hydrogens (tertiary/aromatic N) is 1. The first-order chi connectivity index (χ1) is 15.2. The van der Waals surface area contributed by atoms with Crippen LogP contribution in [0.2, 0.25) is 0 Å². The van der Waals surface area contributed by atoms with Gasteiger partial charge in [-0.25, -0.2) is 13.4 Å². The lowest BCUT2D eigenvalue weighted by molar-refractivity contribution is -0.136. The number of hydrogen-bond donors (Lipinski definition) is 1. The van der Waals surface area contributed by atoms with Crippen molar-refractivity contribution in [2.45, 2.75) is 77.3 Å². The third-order valence-corrected chi connectivity index (χ3v) is 8.35. The Kier molecular flexibility index (Phi) is 8.11. The molecule has 0 bridgehead atoms. The third kappa shape index (κ3) is 6.19. The van der Waals surface area contributed by atoms with Gasteiger partial charge in [0.05, 0.1) is 18.5 Å². The summed E-state index contributed by atoms with van der Waals surface area (Å²) in [6.07, 6.45) is 3.71. The van der Waals surface area contributed by atoms with E-state index in [0.29, 0.717) is 31.1 Å². The van der Waals surface area contributed by atoms with E-state index in [9.17, 15) is 18.3 Å². The summed E-state index contributed by atoms with van der Waals surface area (Å²) < 4.78 is 37.2. The normalized spacial score (nSPS) is 20.2. The summed E-state index contributed by atoms with van der Waals surface area (Å²) >= 11 is 0. The zero-order valence-corrected chi connectivity index (χ0v) is 19.9. The van der Waals surface area contributed by atoms with Gasteiger partial charge in [-0.2, -0.15) is 0 Å². The molecular formula is C24H33NO6S. The van der Waals surface area contributed by atoms with Crippen molar-refractivity contribution in [1.82, 2.24) is 4.98 Å². The van der Waals surface area contributed by atoms with Gasteiger partial charge < -0.3 is 14.3 Å². The molecule has 32 heavy (non-hydrogen) atoms. The topological polar surface area (TPSA) is 107 Å². The summed E-state index contributed by atoms with van der Waals surface area (Å²) in [5.74, 6) is -0.159. The number of ether oxygens (including phenoxy) is 1. The Hall–Kier alpha value is -2.19. The van der Waals surface area contributed by atoms with Gasteiger partial charge >= 0.3 is 5.97 Å². The molecule has 7 nitrogen and oxygen atoms in total. The van der Waals surface area contributed by atoms with Crippen LogP contribution in [0.4, 0.5) is 0 Å². The van der Waals surface area contributed by atoms with Crippen molar-refractivity contribution in [3.05, 3.63) is 41.3 Å². The molecule has 8 heteroatoms. The monoisotopic (exact) mass is 463 g/mol. The zero-order valence-electron chi connectivity index (χ0n) is 19.0. The van der Waals surface area contributed by atoms with E-state index >= 15 is 0 Å². The molecule has 1 N–H and O–H groups in total. The summed E-state index contributed by atoms with van der Waals surface area (Å²) in [6, 6.07) is 7.97. The first-order valence-electron chi connectivity index (χ1n) is 11.3. The maximum atomic E-state index is 12.7. The standard InChI is InChI=1S/C24H33NO6S/c1-4-6-22(24(26)27)32(28,29)15-18-7-5-8-20(13-18)30-14-21-17(3)31-23(25-21)19-11-9-16(2)10-12-19/h9-12,18,20,22H,4-8,13-15H2,1-3H3,(H,26,27)/t18-,20+,22?/m0/s1. The van der Waals surface area contributed by atoms with Crippen LogP contribution in [-0.4, -0.2) is 41.6 Å². The molecule has 1 aliphatic rings. The van der Waals surface area contributed by atoms with Crippen LogP contribution >= 0.6 is 0 Å². The van der Waals surface area contributed by atoms with Crippen molar-refractivity contribution in [1.29, 1.82) is 0 Å². The number of aromatic nitrogens is 1. The van der Waals surface area contributed by atoms with Crippen LogP contribution in [0.3, 0.4) is 0 Å². The van der Waals surface area contributed by atoms with E-state index in [2.05, 4.69) is 4.98 Å². The predicted molar refractivity (Wildman–Crippen MR) is 122 cm³/mol. The molecule has 1 unspecified atom stereocenters. The van der Waals surface area contributed by atoms with Crippen LogP contribution in [0.1, 0.15) is 62.5 Å². The van der Waals surface area contributed by atoms with Crippen LogP contribution in [0.15, 0.2) is 28.7 Å². The first kappa shape index (κ1) is 24.5. The smallest absolute Gasteiger partial charge is 0.321 e. The molecule has 1 aromatic heterocycles. The molecule has 0 radical (unpaired) electrons. The van der Waals surface area contributed by atoms with E-state index in [1.807, 2.05) is 38.1 Å². The second-order valence-corrected chi connectivity index (χ2v) is 11.0. The molecule has 1 saturated carbocycles. The molecule has 1 aromatic carbocycles. The second kappa shape index (κ2) is 10.6. The van der Waals surface area contributed by atoms with Crippen LogP contribution in [0, 0.1) is 19.8 Å². The van der Waals surface area contributed by atoms with E-state index in [-0.39, 0.29) is 24.2 Å². The van der Waals surface area contributed by atoms with Crippen LogP contribution in [0.25, 0.3) is 11.5 Å². The zero-order chi connectivity index (χ0) is 23.3. The van der Waals surface area contributed by atoms with Gasteiger partial charge in [0, 0.05) is 5.56 Å². The minimum Gasteiger partial charge on any atom is -0.480 e. The van der Waals surface area contributed by atoms with Crippen LogP contribution in [0.5, 0.6) is 0 Å². The largest absolute Gasteiger partial charge is 0.480 e. The summed E-state index contributed by atoms with van der Waals surface area (Å²) in [6.45, 7) is 5.99. The molecule has 1 heterocycles. The molecule has 2 aromatic rings. The molecular weight excluding hydrogens is 430 g/mol. The maximum absolute atomic E-state index is 12.7. The van der Waals surface area contributed by atoms with Gasteiger partial charge in [0.1, 0.15) is 11.5 Å². The molecule has 3 rings (SSSR count). The first-order valence-corrected chi connectivity index (χ1v) is 13.0. The SMILES string of the molecule is CCCC(C(=O)O)S(=O)(=O)C[C@H]1CCC[C@@H](OCc2nc(-c3ccc(C)cc3)oc2C)C1. The quantitative estimate of drug-likeness (QED) is 0.544. The van der Waals surface area contributed by atoms with Gasteiger partial charge in [0.15, 0.2) is 15.1 Å². The number of carboxylic acid groups (broad SMARTS) is 1. The van der Waals surface area contributed by atoms with Gasteiger partial charge in [-0.1, -0.05) is 37.5 Å². The number of oxazole rings is 1. The molecule has 1 aliphatic carbocycles. The Morgan fingerprint density at radius 2 is 1.97 bits per heavy atom. The number of hydrogen-bond acceptors (Lipinski definition) is 6. The van der Waals surface area contributed by atoms with E-state index in [0.717, 1.165) is 30.5 Å². The highest BCUT2D eigenvalue weighted by atomic mass is 32.2. The molecule has 0 spiro atoms. The summed E-state index contributed by atoms with van der Waals surface area (Å²) in [4.78, 5) is 16.0. The minimum atomic E-state index is -3.69. The lowest BCUT2D eigenvalue weighted by Crippen LogP contribution is -2.36. The number of carbonyl (C=O) groups is 1. The fourth-order valence-electron chi connectivity index (χ4n) is 4.29. The number of sulfone groups is 1. The van der Waals surface area contributed by atoms with Crippen LogP contribution < -0.4 is 0 Å². The highest BCUT2D eigenvalue weighted by Gasteiger charge is 2.35. The minimum absolute atomic E-state index is 0.0719. The Labute approximate surface area is 190 Å². The number of benzene rings is 1. The molecule has 0 amide bonds. The molecule has 1 fully saturated rings. The van der Waals surface area contributed by atoms with E-state index in [1.54, 1.807) is 6.92 Å². The predicted octanol–water partition coefficient (Wildman–Crippen LogP) is 4.70. The molecule has 0 saturated heterocycles. The molecule has 0 aliphatic heterocycles. The van der Waals surface area contributed by atoms with E-state index < -0.39 is 21.1 Å². The van der Waals surface area contributed by atoms with Gasteiger partial charge in [0.25, 0.3) is 0 Å². The second-order valence-electron chi connectivity index (χ2n) is 8.80. The number of aliphatic carboxylic acids is 1. The van der Waals surface area contributed by atoms with Gasteiger partial charge in [0.2, 0.25) is 5.89 Å². The van der Waals surface area contributed by atoms with Gasteiger partial charge in [-0.05, 0) is 57.6 Å². The van der Waals surface area contributed by atoms with Crippen molar-refractivity contribution in [2.24, 2.45) is 5.92 Å². The van der Waals surface area contributed by atoms with Crippen molar-refractivity contribution in [3.63, 3.8) is 0 Å². The fourth-order valence-corrected chi connectivity index (χ4v) is 6.38. The third-order valence-electron chi connectivity index (χ3n) is 6.11. The fraction of sp³-hybridized carbons (Fsp3) is 0.583. The highest BCUT2D eigenvalue weighted by molar-refractivity contribution is 7.92. The lowest BCUT2D eigenvalue weighted by atomic mass is 9.88. The molecule has 176 valence electrons. The van der Waals surface area contributed by atoms with Crippen LogP contribution in [-0.2, 0) is 26.0 Å². The van der Waals surface area contributed by atoms with Crippen molar-refractivity contribution in [2.75, 3.05) is 5.75 Å². The average Bonchev–Trinajstić information content (AvgIpc) is 3.11. The summed E-state index contributed by atoms with van der Waals surface area (Å²) in [5, 5.41) is 8.02. The van der Waals surface area contributed by atoms with Crippen molar-refractivity contribution >= 4 is 15.8 Å². The van der Waals surface area contributed by atoms with Gasteiger partial charge in [-0.15, -0.1) is 0 Å². The maximum Gasteiger partial charge on any atom is 0.321 e. The lowest BCUT2D eigenvalue weighted by Gasteiger charge is -2.29. The molecule has 3 atom stereocenters. The van der Waals surface area contributed by atoms with Crippen molar-refractivity contribution < 1.29 is 27.5 Å². The average molecular weight is 464 g/mol. The van der Waals surface area contributed by atoms with Crippen molar-refractivity contribution in [3.8, 4) is 11.5 Å². The number of rotatable bonds is 10. The Balaban J connectivity index is 1.59. The van der Waals surface area contributed by atoms with E-state index in [1.165, 1.54) is 5.56 Å². The van der Waals surface area contributed by atoms with Gasteiger partial charge in [-0.3, -0.25) is 4.79 Å². The number of aryl methyl sites for hydroxylation is 2. The van der Waals surface area contributed by atoms with E-state index in [4.69, 9.17) is 9.15 Å². The Morgan fingerprint density at radius 3 is 2.62 bits per heavy atom. The summed E-state index contributed by atoms with van der Waals surface area (Å²) in [7, 11) is -3.69.